The average Bonchev–Trinajstić information content (AvgIpc) is 3.44. The number of para-hydroxylation sites is 1. The maximum atomic E-state index is 12.3. The molecule has 0 aliphatic heterocycles. The molecule has 0 spiro atoms. The fourth-order valence-corrected chi connectivity index (χ4v) is 4.41. The van der Waals surface area contributed by atoms with Crippen molar-refractivity contribution in [3.63, 3.8) is 0 Å². The summed E-state index contributed by atoms with van der Waals surface area (Å²) in [5.74, 6) is 2.40. The summed E-state index contributed by atoms with van der Waals surface area (Å²) in [5.41, 5.74) is 1.02. The molecule has 29 heavy (non-hydrogen) atoms. The van der Waals surface area contributed by atoms with E-state index in [4.69, 9.17) is 14.5 Å². The van der Waals surface area contributed by atoms with Crippen molar-refractivity contribution < 1.29 is 9.21 Å². The highest BCUT2D eigenvalue weighted by molar-refractivity contribution is 7.99. The number of hydrogen-bond acceptors (Lipinski definition) is 5. The number of nitrogens with one attached hydrogen (secondary N) is 1. The molecule has 2 aromatic heterocycles. The Morgan fingerprint density at radius 2 is 2.00 bits per heavy atom. The molecular formula is C22H26N4O2S. The molecular weight excluding hydrogens is 384 g/mol. The zero-order chi connectivity index (χ0) is 20.1. The molecule has 1 aliphatic carbocycles. The highest BCUT2D eigenvalue weighted by Crippen LogP contribution is 2.33. The topological polar surface area (TPSA) is 73.0 Å². The number of benzene rings is 1. The molecule has 3 aromatic rings. The molecule has 6 nitrogen and oxygen atoms in total. The molecule has 1 fully saturated rings. The minimum absolute atomic E-state index is 0.0609. The fourth-order valence-electron chi connectivity index (χ4n) is 3.77. The predicted octanol–water partition coefficient (Wildman–Crippen LogP) is 4.88. The first-order chi connectivity index (χ1) is 14.2. The van der Waals surface area contributed by atoms with Crippen molar-refractivity contribution in [1.82, 2.24) is 20.1 Å². The van der Waals surface area contributed by atoms with Gasteiger partial charge in [0.15, 0.2) is 0 Å². The largest absolute Gasteiger partial charge is 0.467 e. The van der Waals surface area contributed by atoms with Crippen LogP contribution in [0.4, 0.5) is 0 Å². The van der Waals surface area contributed by atoms with Crippen LogP contribution in [-0.4, -0.2) is 26.4 Å². The van der Waals surface area contributed by atoms with E-state index in [-0.39, 0.29) is 17.7 Å². The molecule has 2 heterocycles. The molecule has 1 saturated carbocycles. The second-order valence-corrected chi connectivity index (χ2v) is 8.37. The van der Waals surface area contributed by atoms with Crippen LogP contribution >= 0.6 is 11.8 Å². The summed E-state index contributed by atoms with van der Waals surface area (Å²) in [7, 11) is 0. The summed E-state index contributed by atoms with van der Waals surface area (Å²) in [5, 5.41) is 8.33. The zero-order valence-electron chi connectivity index (χ0n) is 16.6. The Balaban J connectivity index is 1.46. The van der Waals surface area contributed by atoms with Crippen molar-refractivity contribution in [1.29, 1.82) is 0 Å². The number of thioether (sulfide) groups is 1. The molecule has 1 N–H and O–H groups in total. The third-order valence-corrected chi connectivity index (χ3v) is 6.10. The molecule has 0 unspecified atom stereocenters. The van der Waals surface area contributed by atoms with Gasteiger partial charge in [-0.25, -0.2) is 9.67 Å². The number of amides is 1. The summed E-state index contributed by atoms with van der Waals surface area (Å²) < 4.78 is 7.30. The van der Waals surface area contributed by atoms with E-state index < -0.39 is 0 Å². The van der Waals surface area contributed by atoms with Gasteiger partial charge in [-0.2, -0.15) is 0 Å². The summed E-state index contributed by atoms with van der Waals surface area (Å²) in [4.78, 5) is 17.2. The molecule has 1 atom stereocenters. The van der Waals surface area contributed by atoms with E-state index in [2.05, 4.69) is 5.32 Å². The van der Waals surface area contributed by atoms with Crippen molar-refractivity contribution in [3.05, 3.63) is 60.3 Å². The van der Waals surface area contributed by atoms with Crippen LogP contribution in [0.5, 0.6) is 0 Å². The summed E-state index contributed by atoms with van der Waals surface area (Å²) >= 11 is 1.38. The quantitative estimate of drug-likeness (QED) is 0.562. The standard InChI is InChI=1S/C22H26N4O2S/c1-16(19-13-8-14-28-19)23-20(27)15-29-22-24-21(17-9-4-2-5-10-17)26(25-22)18-11-6-3-7-12-18/h3,6-8,11-14,16-17H,2,4-5,9-10,15H2,1H3,(H,23,27)/t16-/m0/s1. The summed E-state index contributed by atoms with van der Waals surface area (Å²) in [6.07, 6.45) is 7.68. The number of hydrogen-bond donors (Lipinski definition) is 1. The number of furan rings is 1. The number of carbonyl (C=O) groups is 1. The lowest BCUT2D eigenvalue weighted by Gasteiger charge is -2.21. The molecule has 1 amide bonds. The van der Waals surface area contributed by atoms with Gasteiger partial charge in [-0.1, -0.05) is 49.2 Å². The van der Waals surface area contributed by atoms with Crippen molar-refractivity contribution in [2.75, 3.05) is 5.75 Å². The third-order valence-electron chi connectivity index (χ3n) is 5.26. The lowest BCUT2D eigenvalue weighted by Crippen LogP contribution is -2.27. The van der Waals surface area contributed by atoms with Gasteiger partial charge in [0, 0.05) is 5.92 Å². The normalized spacial score (nSPS) is 15.9. The van der Waals surface area contributed by atoms with Gasteiger partial charge >= 0.3 is 0 Å². The maximum absolute atomic E-state index is 12.3. The highest BCUT2D eigenvalue weighted by Gasteiger charge is 2.24. The van der Waals surface area contributed by atoms with Crippen LogP contribution in [0, 0.1) is 0 Å². The Morgan fingerprint density at radius 1 is 1.21 bits per heavy atom. The van der Waals surface area contributed by atoms with Crippen molar-refractivity contribution in [3.8, 4) is 5.69 Å². The van der Waals surface area contributed by atoms with Gasteiger partial charge in [-0.3, -0.25) is 4.79 Å². The van der Waals surface area contributed by atoms with Gasteiger partial charge in [0.2, 0.25) is 11.1 Å². The Labute approximate surface area is 175 Å². The maximum Gasteiger partial charge on any atom is 0.231 e. The van der Waals surface area contributed by atoms with E-state index in [0.717, 1.165) is 30.1 Å². The van der Waals surface area contributed by atoms with Crippen molar-refractivity contribution in [2.24, 2.45) is 0 Å². The van der Waals surface area contributed by atoms with E-state index in [1.54, 1.807) is 6.26 Å². The monoisotopic (exact) mass is 410 g/mol. The van der Waals surface area contributed by atoms with E-state index in [9.17, 15) is 4.79 Å². The smallest absolute Gasteiger partial charge is 0.231 e. The van der Waals surface area contributed by atoms with Crippen LogP contribution in [0.1, 0.15) is 62.6 Å². The number of rotatable bonds is 7. The number of carbonyl (C=O) groups excluding carboxylic acids is 1. The molecule has 152 valence electrons. The Morgan fingerprint density at radius 3 is 2.72 bits per heavy atom. The van der Waals surface area contributed by atoms with E-state index >= 15 is 0 Å². The van der Waals surface area contributed by atoms with Crippen LogP contribution in [0.3, 0.4) is 0 Å². The van der Waals surface area contributed by atoms with Crippen LogP contribution in [0.15, 0.2) is 58.3 Å². The van der Waals surface area contributed by atoms with Crippen LogP contribution in [0.25, 0.3) is 5.69 Å². The predicted molar refractivity (Wildman–Crippen MR) is 113 cm³/mol. The van der Waals surface area contributed by atoms with E-state index in [1.807, 2.05) is 54.1 Å². The molecule has 4 rings (SSSR count). The lowest BCUT2D eigenvalue weighted by molar-refractivity contribution is -0.119. The molecule has 0 saturated heterocycles. The number of aromatic nitrogens is 3. The SMILES string of the molecule is C[C@H](NC(=O)CSc1nc(C2CCCCC2)n(-c2ccccc2)n1)c1ccco1. The van der Waals surface area contributed by atoms with E-state index in [0.29, 0.717) is 11.1 Å². The first kappa shape index (κ1) is 19.8. The van der Waals surface area contributed by atoms with Crippen molar-refractivity contribution in [2.45, 2.75) is 56.1 Å². The molecule has 7 heteroatoms. The van der Waals surface area contributed by atoms with Gasteiger partial charge in [0.05, 0.1) is 23.7 Å². The van der Waals surface area contributed by atoms with E-state index in [1.165, 1.54) is 31.0 Å². The third kappa shape index (κ3) is 4.90. The molecule has 0 bridgehead atoms. The Hall–Kier alpha value is -2.54. The van der Waals surface area contributed by atoms with Crippen LogP contribution < -0.4 is 5.32 Å². The Kier molecular flexibility index (Phi) is 6.34. The fraction of sp³-hybridized carbons (Fsp3) is 0.409. The van der Waals surface area contributed by atoms with Gasteiger partial charge in [-0.05, 0) is 44.0 Å². The molecule has 1 aliphatic rings. The molecule has 0 radical (unpaired) electrons. The van der Waals surface area contributed by atoms with Gasteiger partial charge in [-0.15, -0.1) is 5.10 Å². The minimum Gasteiger partial charge on any atom is -0.467 e. The van der Waals surface area contributed by atoms with Gasteiger partial charge in [0.1, 0.15) is 11.6 Å². The first-order valence-electron chi connectivity index (χ1n) is 10.2. The molecule has 1 aromatic carbocycles. The Bertz CT molecular complexity index is 918. The van der Waals surface area contributed by atoms with Crippen molar-refractivity contribution >= 4 is 17.7 Å². The lowest BCUT2D eigenvalue weighted by atomic mass is 9.88. The van der Waals surface area contributed by atoms with Crippen LogP contribution in [-0.2, 0) is 4.79 Å². The second kappa shape index (κ2) is 9.31. The van der Waals surface area contributed by atoms with Gasteiger partial charge < -0.3 is 9.73 Å². The van der Waals surface area contributed by atoms with Gasteiger partial charge in [0.25, 0.3) is 0 Å². The second-order valence-electron chi connectivity index (χ2n) is 7.43. The summed E-state index contributed by atoms with van der Waals surface area (Å²) in [6, 6.07) is 13.6. The highest BCUT2D eigenvalue weighted by atomic mass is 32.2. The first-order valence-corrected chi connectivity index (χ1v) is 11.2. The summed E-state index contributed by atoms with van der Waals surface area (Å²) in [6.45, 7) is 1.91. The average molecular weight is 411 g/mol. The zero-order valence-corrected chi connectivity index (χ0v) is 17.4. The minimum atomic E-state index is -0.161. The van der Waals surface area contributed by atoms with Crippen LogP contribution in [0.2, 0.25) is 0 Å². The number of nitrogens with zero attached hydrogens (tertiary/aromatic N) is 3.